The number of hydrogen-bond donors (Lipinski definition) is 1. The Kier molecular flexibility index (Phi) is 3.36. The molecule has 0 saturated heterocycles. The molecule has 1 fully saturated rings. The summed E-state index contributed by atoms with van der Waals surface area (Å²) >= 11 is 5.83. The summed E-state index contributed by atoms with van der Waals surface area (Å²) < 4.78 is 4.57. The first kappa shape index (κ1) is 12.5. The van der Waals surface area contributed by atoms with Crippen LogP contribution in [0.2, 0.25) is 0 Å². The number of rotatable bonds is 3. The second-order valence-electron chi connectivity index (χ2n) is 4.60. The van der Waals surface area contributed by atoms with Gasteiger partial charge in [0.1, 0.15) is 0 Å². The predicted octanol–water partition coefficient (Wildman–Crippen LogP) is 4.64. The van der Waals surface area contributed by atoms with Gasteiger partial charge in [0.05, 0.1) is 5.69 Å². The largest absolute Gasteiger partial charge is 0.326 e. The number of nitrogens with one attached hydrogen (secondary N) is 1. The van der Waals surface area contributed by atoms with Crippen LogP contribution in [0.15, 0.2) is 28.9 Å². The summed E-state index contributed by atoms with van der Waals surface area (Å²) in [6.07, 6.45) is 4.66. The Morgan fingerprint density at radius 2 is 2.22 bits per heavy atom. The number of halogens is 2. The average molecular weight is 418 g/mol. The maximum absolute atomic E-state index is 4.56. The molecule has 1 aliphatic rings. The first-order valence-corrected chi connectivity index (χ1v) is 7.78. The topological polar surface area (TPSA) is 29.9 Å². The lowest BCUT2D eigenvalue weighted by Crippen LogP contribution is -2.01. The van der Waals surface area contributed by atoms with Crippen molar-refractivity contribution in [3.8, 4) is 0 Å². The normalized spacial score (nSPS) is 14.8. The third-order valence-corrected chi connectivity index (χ3v) is 5.29. The molecule has 18 heavy (non-hydrogen) atoms. The number of aromatic nitrogens is 2. The molecule has 0 radical (unpaired) electrons. The van der Waals surface area contributed by atoms with Crippen LogP contribution in [0.25, 0.3) is 0 Å². The molecule has 0 aliphatic heterocycles. The molecule has 94 valence electrons. The Labute approximate surface area is 128 Å². The molecule has 1 aromatic carbocycles. The second kappa shape index (κ2) is 4.85. The Hall–Kier alpha value is -0.560. The van der Waals surface area contributed by atoms with E-state index in [1.165, 1.54) is 16.4 Å². The van der Waals surface area contributed by atoms with Gasteiger partial charge < -0.3 is 9.88 Å². The molecule has 3 rings (SSSR count). The van der Waals surface area contributed by atoms with E-state index < -0.39 is 0 Å². The van der Waals surface area contributed by atoms with E-state index in [9.17, 15) is 0 Å². The molecule has 1 heterocycles. The third kappa shape index (κ3) is 2.56. The zero-order valence-corrected chi connectivity index (χ0v) is 13.7. The summed E-state index contributed by atoms with van der Waals surface area (Å²) in [6, 6.07) is 6.88. The van der Waals surface area contributed by atoms with Crippen molar-refractivity contribution >= 4 is 50.2 Å². The lowest BCUT2D eigenvalue weighted by molar-refractivity contribution is 0.750. The van der Waals surface area contributed by atoms with Crippen molar-refractivity contribution in [1.82, 2.24) is 9.55 Å². The molecule has 1 aliphatic carbocycles. The molecule has 0 spiro atoms. The van der Waals surface area contributed by atoms with Crippen molar-refractivity contribution in [3.05, 3.63) is 38.1 Å². The monoisotopic (exact) mass is 417 g/mol. The molecule has 0 atom stereocenters. The van der Waals surface area contributed by atoms with Gasteiger partial charge in [-0.1, -0.05) is 0 Å². The van der Waals surface area contributed by atoms with Crippen molar-refractivity contribution in [3.63, 3.8) is 0 Å². The quantitative estimate of drug-likeness (QED) is 0.737. The van der Waals surface area contributed by atoms with E-state index >= 15 is 0 Å². The van der Waals surface area contributed by atoms with E-state index in [2.05, 4.69) is 77.8 Å². The van der Waals surface area contributed by atoms with Gasteiger partial charge >= 0.3 is 0 Å². The van der Waals surface area contributed by atoms with Crippen LogP contribution in [0.4, 0.5) is 11.6 Å². The van der Waals surface area contributed by atoms with Crippen LogP contribution in [-0.4, -0.2) is 9.55 Å². The lowest BCUT2D eigenvalue weighted by Gasteiger charge is -2.09. The van der Waals surface area contributed by atoms with Crippen LogP contribution in [0.3, 0.4) is 0 Å². The molecule has 1 N–H and O–H groups in total. The molecular formula is C13H13BrIN3. The predicted molar refractivity (Wildman–Crippen MR) is 85.4 cm³/mol. The SMILES string of the molecule is Cc1cn(C2CC2)c(Nc2ccc(Br)c(I)c2)n1. The van der Waals surface area contributed by atoms with Crippen LogP contribution in [0, 0.1) is 10.5 Å². The number of hydrogen-bond acceptors (Lipinski definition) is 2. The summed E-state index contributed by atoms with van der Waals surface area (Å²) in [5, 5.41) is 3.41. The maximum Gasteiger partial charge on any atom is 0.207 e. The lowest BCUT2D eigenvalue weighted by atomic mass is 10.3. The van der Waals surface area contributed by atoms with E-state index in [4.69, 9.17) is 0 Å². The first-order valence-electron chi connectivity index (χ1n) is 5.91. The van der Waals surface area contributed by atoms with Gasteiger partial charge in [0.25, 0.3) is 0 Å². The fourth-order valence-corrected chi connectivity index (χ4v) is 2.70. The molecule has 1 saturated carbocycles. The number of benzene rings is 1. The number of anilines is 2. The Bertz CT molecular complexity index is 590. The summed E-state index contributed by atoms with van der Waals surface area (Å²) in [5.41, 5.74) is 2.14. The van der Waals surface area contributed by atoms with E-state index in [0.717, 1.165) is 21.8 Å². The average Bonchev–Trinajstić information content (AvgIpc) is 3.09. The first-order chi connectivity index (χ1) is 8.63. The summed E-state index contributed by atoms with van der Waals surface area (Å²) in [5.74, 6) is 0.952. The van der Waals surface area contributed by atoms with Gasteiger partial charge in [0.15, 0.2) is 0 Å². The fraction of sp³-hybridized carbons (Fsp3) is 0.308. The highest BCUT2D eigenvalue weighted by atomic mass is 127. The third-order valence-electron chi connectivity index (χ3n) is 2.97. The standard InChI is InChI=1S/C13H13BrIN3/c1-8-7-18(10-3-4-10)13(16-8)17-9-2-5-11(14)12(15)6-9/h2,5-7,10H,3-4H2,1H3,(H,16,17). The van der Waals surface area contributed by atoms with Crippen LogP contribution in [-0.2, 0) is 0 Å². The molecule has 0 unspecified atom stereocenters. The minimum absolute atomic E-state index is 0.642. The van der Waals surface area contributed by atoms with Crippen LogP contribution >= 0.6 is 38.5 Å². The van der Waals surface area contributed by atoms with Crippen molar-refractivity contribution < 1.29 is 0 Å². The van der Waals surface area contributed by atoms with E-state index in [1.54, 1.807) is 0 Å². The van der Waals surface area contributed by atoms with Crippen LogP contribution in [0.1, 0.15) is 24.6 Å². The van der Waals surface area contributed by atoms with E-state index in [0.29, 0.717) is 6.04 Å². The smallest absolute Gasteiger partial charge is 0.207 e. The van der Waals surface area contributed by atoms with Gasteiger partial charge in [0.2, 0.25) is 5.95 Å². The highest BCUT2D eigenvalue weighted by Gasteiger charge is 2.26. The minimum Gasteiger partial charge on any atom is -0.326 e. The number of nitrogens with zero attached hydrogens (tertiary/aromatic N) is 2. The van der Waals surface area contributed by atoms with Crippen molar-refractivity contribution in [1.29, 1.82) is 0 Å². The highest BCUT2D eigenvalue weighted by Crippen LogP contribution is 2.38. The molecule has 3 nitrogen and oxygen atoms in total. The second-order valence-corrected chi connectivity index (χ2v) is 6.61. The molecular weight excluding hydrogens is 405 g/mol. The van der Waals surface area contributed by atoms with E-state index in [-0.39, 0.29) is 0 Å². The zero-order chi connectivity index (χ0) is 12.7. The highest BCUT2D eigenvalue weighted by molar-refractivity contribution is 14.1. The molecule has 5 heteroatoms. The van der Waals surface area contributed by atoms with Crippen molar-refractivity contribution in [2.45, 2.75) is 25.8 Å². The van der Waals surface area contributed by atoms with Gasteiger partial charge in [-0.15, -0.1) is 0 Å². The van der Waals surface area contributed by atoms with Crippen LogP contribution < -0.4 is 5.32 Å². The van der Waals surface area contributed by atoms with Gasteiger partial charge in [0, 0.05) is 26.0 Å². The molecule has 1 aromatic heterocycles. The Morgan fingerprint density at radius 1 is 1.44 bits per heavy atom. The van der Waals surface area contributed by atoms with Gasteiger partial charge in [-0.2, -0.15) is 0 Å². The van der Waals surface area contributed by atoms with Crippen molar-refractivity contribution in [2.24, 2.45) is 0 Å². The van der Waals surface area contributed by atoms with Gasteiger partial charge in [-0.3, -0.25) is 0 Å². The number of imidazole rings is 1. The van der Waals surface area contributed by atoms with Crippen molar-refractivity contribution in [2.75, 3.05) is 5.32 Å². The van der Waals surface area contributed by atoms with E-state index in [1.807, 2.05) is 6.92 Å². The summed E-state index contributed by atoms with van der Waals surface area (Å²) in [7, 11) is 0. The molecule has 2 aromatic rings. The maximum atomic E-state index is 4.56. The Morgan fingerprint density at radius 3 is 2.89 bits per heavy atom. The Balaban J connectivity index is 1.89. The summed E-state index contributed by atoms with van der Waals surface area (Å²) in [6.45, 7) is 2.04. The van der Waals surface area contributed by atoms with Gasteiger partial charge in [-0.05, 0) is 76.5 Å². The van der Waals surface area contributed by atoms with Gasteiger partial charge in [-0.25, -0.2) is 4.98 Å². The number of aryl methyl sites for hydroxylation is 1. The molecule has 0 amide bonds. The zero-order valence-electron chi connectivity index (χ0n) is 9.95. The summed E-state index contributed by atoms with van der Waals surface area (Å²) in [4.78, 5) is 4.56. The minimum atomic E-state index is 0.642. The fourth-order valence-electron chi connectivity index (χ4n) is 1.94. The molecule has 0 bridgehead atoms. The van der Waals surface area contributed by atoms with Crippen LogP contribution in [0.5, 0.6) is 0 Å².